The molecule has 11 heteroatoms. The van der Waals surface area contributed by atoms with Crippen LogP contribution in [0.15, 0.2) is 45.8 Å². The first-order valence-corrected chi connectivity index (χ1v) is 10.2. The molecule has 1 aromatic heterocycles. The number of hydrogen-bond acceptors (Lipinski definition) is 9. The number of sulfonamides is 1. The van der Waals surface area contributed by atoms with E-state index in [1.54, 1.807) is 31.4 Å². The van der Waals surface area contributed by atoms with Crippen molar-refractivity contribution in [1.29, 1.82) is 0 Å². The van der Waals surface area contributed by atoms with Crippen LogP contribution >= 0.6 is 0 Å². The number of hydrogen-bond donors (Lipinski definition) is 1. The van der Waals surface area contributed by atoms with Gasteiger partial charge in [-0.05, 0) is 24.3 Å². The zero-order valence-corrected chi connectivity index (χ0v) is 17.6. The van der Waals surface area contributed by atoms with Crippen LogP contribution in [-0.4, -0.2) is 47.0 Å². The highest BCUT2D eigenvalue weighted by molar-refractivity contribution is 7.89. The molecule has 30 heavy (non-hydrogen) atoms. The summed E-state index contributed by atoms with van der Waals surface area (Å²) in [7, 11) is 1.95. The zero-order chi connectivity index (χ0) is 21.7. The van der Waals surface area contributed by atoms with E-state index >= 15 is 0 Å². The molecule has 0 bridgehead atoms. The van der Waals surface area contributed by atoms with Crippen molar-refractivity contribution in [3.63, 3.8) is 0 Å². The summed E-state index contributed by atoms with van der Waals surface area (Å²) in [5, 5.41) is 3.90. The quantitative estimate of drug-likeness (QED) is 0.539. The number of benzene rings is 2. The van der Waals surface area contributed by atoms with Crippen molar-refractivity contribution in [3.8, 4) is 34.4 Å². The van der Waals surface area contributed by atoms with Crippen LogP contribution in [0.2, 0.25) is 0 Å². The second-order valence-corrected chi connectivity index (χ2v) is 7.65. The molecule has 0 saturated heterocycles. The number of aromatic nitrogens is 2. The van der Waals surface area contributed by atoms with E-state index in [2.05, 4.69) is 14.9 Å². The van der Waals surface area contributed by atoms with E-state index in [-0.39, 0.29) is 28.9 Å². The van der Waals surface area contributed by atoms with Gasteiger partial charge in [0.05, 0.1) is 40.5 Å². The topological polar surface area (TPSA) is 122 Å². The van der Waals surface area contributed by atoms with Gasteiger partial charge in [-0.3, -0.25) is 0 Å². The van der Waals surface area contributed by atoms with Gasteiger partial charge in [0.25, 0.3) is 0 Å². The van der Waals surface area contributed by atoms with Gasteiger partial charge in [-0.2, -0.15) is 4.98 Å². The fourth-order valence-electron chi connectivity index (χ4n) is 2.65. The minimum atomic E-state index is -3.94. The molecule has 3 rings (SSSR count). The Labute approximate surface area is 173 Å². The van der Waals surface area contributed by atoms with Crippen molar-refractivity contribution in [2.75, 3.05) is 28.4 Å². The van der Waals surface area contributed by atoms with E-state index in [4.69, 9.17) is 23.5 Å². The van der Waals surface area contributed by atoms with Crippen LogP contribution in [0.1, 0.15) is 5.89 Å². The summed E-state index contributed by atoms with van der Waals surface area (Å²) in [4.78, 5) is 4.17. The highest BCUT2D eigenvalue weighted by atomic mass is 32.2. The lowest BCUT2D eigenvalue weighted by Crippen LogP contribution is -2.24. The van der Waals surface area contributed by atoms with Crippen LogP contribution in [-0.2, 0) is 16.6 Å². The van der Waals surface area contributed by atoms with E-state index in [1.165, 1.54) is 33.5 Å². The predicted molar refractivity (Wildman–Crippen MR) is 106 cm³/mol. The summed E-state index contributed by atoms with van der Waals surface area (Å²) >= 11 is 0. The van der Waals surface area contributed by atoms with Gasteiger partial charge in [-0.15, -0.1) is 0 Å². The third-order valence-corrected chi connectivity index (χ3v) is 5.61. The number of methoxy groups -OCH3 is 4. The van der Waals surface area contributed by atoms with Crippen molar-refractivity contribution in [3.05, 3.63) is 42.3 Å². The number of rotatable bonds is 9. The first kappa shape index (κ1) is 21.4. The lowest BCUT2D eigenvalue weighted by atomic mass is 10.2. The zero-order valence-electron chi connectivity index (χ0n) is 16.8. The van der Waals surface area contributed by atoms with Crippen LogP contribution in [0.25, 0.3) is 11.4 Å². The van der Waals surface area contributed by atoms with Crippen LogP contribution in [0.3, 0.4) is 0 Å². The summed E-state index contributed by atoms with van der Waals surface area (Å²) < 4.78 is 53.8. The molecule has 0 unspecified atom stereocenters. The molecule has 0 aliphatic heterocycles. The Morgan fingerprint density at radius 2 is 1.57 bits per heavy atom. The molecule has 10 nitrogen and oxygen atoms in total. The summed E-state index contributed by atoms with van der Waals surface area (Å²) in [5.74, 6) is 1.99. The molecule has 1 heterocycles. The van der Waals surface area contributed by atoms with Crippen LogP contribution in [0.5, 0.6) is 23.0 Å². The van der Waals surface area contributed by atoms with Gasteiger partial charge in [0.1, 0.15) is 27.9 Å². The lowest BCUT2D eigenvalue weighted by Gasteiger charge is -2.11. The van der Waals surface area contributed by atoms with Gasteiger partial charge in [-0.25, -0.2) is 13.1 Å². The van der Waals surface area contributed by atoms with E-state index in [0.29, 0.717) is 22.8 Å². The smallest absolute Gasteiger partial charge is 0.244 e. The van der Waals surface area contributed by atoms with Gasteiger partial charge in [0.15, 0.2) is 0 Å². The SMILES string of the molecule is COc1ccc(-c2noc(CNS(=O)(=O)c3cc(OC)ccc3OC)n2)c(OC)c1. The maximum absolute atomic E-state index is 12.7. The largest absolute Gasteiger partial charge is 0.497 e. The second-order valence-electron chi connectivity index (χ2n) is 5.92. The highest BCUT2D eigenvalue weighted by Crippen LogP contribution is 2.32. The Kier molecular flexibility index (Phi) is 6.43. The number of ether oxygens (including phenoxy) is 4. The van der Waals surface area contributed by atoms with Gasteiger partial charge in [0.2, 0.25) is 21.7 Å². The van der Waals surface area contributed by atoms with Crippen molar-refractivity contribution in [2.24, 2.45) is 0 Å². The molecule has 1 N–H and O–H groups in total. The second kappa shape index (κ2) is 9.01. The Bertz CT molecular complexity index is 1130. The van der Waals surface area contributed by atoms with Crippen LogP contribution in [0, 0.1) is 0 Å². The van der Waals surface area contributed by atoms with Gasteiger partial charge in [0, 0.05) is 12.1 Å². The minimum absolute atomic E-state index is 0.0686. The molecular formula is C19H21N3O7S. The molecule has 0 fully saturated rings. The van der Waals surface area contributed by atoms with Crippen molar-refractivity contribution >= 4 is 10.0 Å². The number of nitrogens with zero attached hydrogens (tertiary/aromatic N) is 2. The number of nitrogens with one attached hydrogen (secondary N) is 1. The van der Waals surface area contributed by atoms with E-state index in [0.717, 1.165) is 0 Å². The molecule has 0 spiro atoms. The Morgan fingerprint density at radius 3 is 2.23 bits per heavy atom. The maximum atomic E-state index is 12.7. The fourth-order valence-corrected chi connectivity index (χ4v) is 3.80. The predicted octanol–water partition coefficient (Wildman–Crippen LogP) is 2.25. The molecule has 0 saturated carbocycles. The Morgan fingerprint density at radius 1 is 0.900 bits per heavy atom. The highest BCUT2D eigenvalue weighted by Gasteiger charge is 2.22. The van der Waals surface area contributed by atoms with Crippen LogP contribution in [0.4, 0.5) is 0 Å². The molecule has 0 amide bonds. The standard InChI is InChI=1S/C19H21N3O7S/c1-25-12-5-7-14(16(9-12)28-4)19-21-18(29-22-19)11-20-30(23,24)17-10-13(26-2)6-8-15(17)27-3/h5-10,20H,11H2,1-4H3. The first-order chi connectivity index (χ1) is 14.4. The van der Waals surface area contributed by atoms with Crippen molar-refractivity contribution in [1.82, 2.24) is 14.9 Å². The summed E-state index contributed by atoms with van der Waals surface area (Å²) in [6.45, 7) is -0.214. The fraction of sp³-hybridized carbons (Fsp3) is 0.263. The van der Waals surface area contributed by atoms with E-state index in [1.807, 2.05) is 0 Å². The monoisotopic (exact) mass is 435 g/mol. The third kappa shape index (κ3) is 4.47. The van der Waals surface area contributed by atoms with Crippen LogP contribution < -0.4 is 23.7 Å². The lowest BCUT2D eigenvalue weighted by molar-refractivity contribution is 0.374. The van der Waals surface area contributed by atoms with Crippen molar-refractivity contribution < 1.29 is 31.9 Å². The Hall–Kier alpha value is -3.31. The molecule has 0 aliphatic rings. The van der Waals surface area contributed by atoms with Gasteiger partial charge < -0.3 is 23.5 Å². The molecule has 0 radical (unpaired) electrons. The molecule has 3 aromatic rings. The average molecular weight is 435 g/mol. The summed E-state index contributed by atoms with van der Waals surface area (Å²) in [6, 6.07) is 9.60. The molecule has 2 aromatic carbocycles. The van der Waals surface area contributed by atoms with Crippen molar-refractivity contribution in [2.45, 2.75) is 11.4 Å². The normalized spacial score (nSPS) is 11.2. The first-order valence-electron chi connectivity index (χ1n) is 8.68. The minimum Gasteiger partial charge on any atom is -0.497 e. The molecule has 0 aliphatic carbocycles. The van der Waals surface area contributed by atoms with E-state index < -0.39 is 10.0 Å². The molecular weight excluding hydrogens is 414 g/mol. The average Bonchev–Trinajstić information content (AvgIpc) is 3.25. The van der Waals surface area contributed by atoms with Gasteiger partial charge in [-0.1, -0.05) is 5.16 Å². The summed E-state index contributed by atoms with van der Waals surface area (Å²) in [6.07, 6.45) is 0. The summed E-state index contributed by atoms with van der Waals surface area (Å²) in [5.41, 5.74) is 0.575. The molecule has 0 atom stereocenters. The Balaban J connectivity index is 1.81. The molecule has 160 valence electrons. The third-order valence-electron chi connectivity index (χ3n) is 4.19. The maximum Gasteiger partial charge on any atom is 0.244 e. The van der Waals surface area contributed by atoms with Gasteiger partial charge >= 0.3 is 0 Å². The van der Waals surface area contributed by atoms with E-state index in [9.17, 15) is 8.42 Å².